The molecule has 1 N–H and O–H groups in total. The standard InChI is InChI=1S/C17H16FN3O3/c18-13-5-3-12(4-6-13)9-10-19-15(22)7-8-16-20-17(21-24-16)14-2-1-11-23-14/h1-6,11H,7-10H2,(H,19,22). The average molecular weight is 329 g/mol. The summed E-state index contributed by atoms with van der Waals surface area (Å²) < 4.78 is 23.1. The van der Waals surface area contributed by atoms with Gasteiger partial charge in [-0.25, -0.2) is 4.39 Å². The van der Waals surface area contributed by atoms with Crippen molar-refractivity contribution in [2.75, 3.05) is 6.54 Å². The summed E-state index contributed by atoms with van der Waals surface area (Å²) in [5.41, 5.74) is 0.969. The Balaban J connectivity index is 1.40. The van der Waals surface area contributed by atoms with Crippen molar-refractivity contribution in [3.63, 3.8) is 0 Å². The first-order valence-corrected chi connectivity index (χ1v) is 7.58. The van der Waals surface area contributed by atoms with Gasteiger partial charge >= 0.3 is 0 Å². The van der Waals surface area contributed by atoms with Gasteiger partial charge in [0.25, 0.3) is 0 Å². The fourth-order valence-electron chi connectivity index (χ4n) is 2.17. The minimum atomic E-state index is -0.267. The second-order valence-corrected chi connectivity index (χ2v) is 5.22. The van der Waals surface area contributed by atoms with Gasteiger partial charge in [-0.15, -0.1) is 0 Å². The molecule has 0 aliphatic rings. The lowest BCUT2D eigenvalue weighted by Crippen LogP contribution is -2.25. The molecule has 0 bridgehead atoms. The summed E-state index contributed by atoms with van der Waals surface area (Å²) in [7, 11) is 0. The van der Waals surface area contributed by atoms with Crippen LogP contribution in [0.15, 0.2) is 51.6 Å². The first-order valence-electron chi connectivity index (χ1n) is 7.58. The Hall–Kier alpha value is -2.96. The number of carbonyl (C=O) groups is 1. The van der Waals surface area contributed by atoms with Crippen molar-refractivity contribution < 1.29 is 18.1 Å². The molecule has 3 aromatic rings. The monoisotopic (exact) mass is 329 g/mol. The van der Waals surface area contributed by atoms with Crippen molar-refractivity contribution in [3.05, 3.63) is 59.9 Å². The van der Waals surface area contributed by atoms with E-state index in [0.717, 1.165) is 5.56 Å². The van der Waals surface area contributed by atoms with Crippen LogP contribution in [0.3, 0.4) is 0 Å². The molecule has 3 rings (SSSR count). The van der Waals surface area contributed by atoms with Crippen molar-refractivity contribution in [3.8, 4) is 11.6 Å². The summed E-state index contributed by atoms with van der Waals surface area (Å²) >= 11 is 0. The number of aromatic nitrogens is 2. The summed E-state index contributed by atoms with van der Waals surface area (Å²) in [6.45, 7) is 0.492. The topological polar surface area (TPSA) is 81.2 Å². The van der Waals surface area contributed by atoms with Crippen LogP contribution in [0.2, 0.25) is 0 Å². The Morgan fingerprint density at radius 1 is 1.17 bits per heavy atom. The third kappa shape index (κ3) is 4.28. The maximum absolute atomic E-state index is 12.8. The van der Waals surface area contributed by atoms with E-state index in [1.807, 2.05) is 0 Å². The Morgan fingerprint density at radius 3 is 2.75 bits per heavy atom. The molecule has 1 aromatic carbocycles. The van der Waals surface area contributed by atoms with Crippen molar-refractivity contribution in [2.45, 2.75) is 19.3 Å². The molecule has 2 heterocycles. The molecule has 0 fully saturated rings. The summed E-state index contributed by atoms with van der Waals surface area (Å²) in [5.74, 6) is 0.904. The van der Waals surface area contributed by atoms with E-state index in [-0.39, 0.29) is 18.1 Å². The maximum Gasteiger partial charge on any atom is 0.238 e. The first kappa shape index (κ1) is 15.9. The Bertz CT molecular complexity index is 782. The van der Waals surface area contributed by atoms with Gasteiger partial charge in [0.05, 0.1) is 6.26 Å². The highest BCUT2D eigenvalue weighted by Gasteiger charge is 2.12. The molecule has 6 nitrogen and oxygen atoms in total. The minimum Gasteiger partial charge on any atom is -0.461 e. The molecule has 0 spiro atoms. The van der Waals surface area contributed by atoms with Crippen molar-refractivity contribution in [1.82, 2.24) is 15.5 Å². The number of nitrogens with one attached hydrogen (secondary N) is 1. The SMILES string of the molecule is O=C(CCc1nc(-c2ccco2)no1)NCCc1ccc(F)cc1. The van der Waals surface area contributed by atoms with Crippen molar-refractivity contribution >= 4 is 5.91 Å². The van der Waals surface area contributed by atoms with Crippen LogP contribution in [0, 0.1) is 5.82 Å². The Kier molecular flexibility index (Phi) is 5.00. The highest BCUT2D eigenvalue weighted by molar-refractivity contribution is 5.76. The number of furan rings is 1. The lowest BCUT2D eigenvalue weighted by atomic mass is 10.1. The van der Waals surface area contributed by atoms with Gasteiger partial charge in [-0.3, -0.25) is 4.79 Å². The molecule has 0 saturated heterocycles. The predicted octanol–water partition coefficient (Wildman–Crippen LogP) is 2.76. The molecule has 124 valence electrons. The third-order valence-corrected chi connectivity index (χ3v) is 3.42. The van der Waals surface area contributed by atoms with Crippen LogP contribution in [0.1, 0.15) is 17.9 Å². The predicted molar refractivity (Wildman–Crippen MR) is 83.4 cm³/mol. The van der Waals surface area contributed by atoms with E-state index in [1.165, 1.54) is 18.4 Å². The van der Waals surface area contributed by atoms with E-state index in [0.29, 0.717) is 36.9 Å². The molecule has 0 radical (unpaired) electrons. The number of halogens is 1. The number of aryl methyl sites for hydroxylation is 1. The van der Waals surface area contributed by atoms with Crippen LogP contribution in [-0.2, 0) is 17.6 Å². The van der Waals surface area contributed by atoms with Crippen LogP contribution in [-0.4, -0.2) is 22.6 Å². The first-order chi connectivity index (χ1) is 11.7. The molecular weight excluding hydrogens is 313 g/mol. The minimum absolute atomic E-state index is 0.102. The van der Waals surface area contributed by atoms with Gasteiger partial charge in [0.1, 0.15) is 5.82 Å². The van der Waals surface area contributed by atoms with E-state index < -0.39 is 0 Å². The van der Waals surface area contributed by atoms with Crippen LogP contribution in [0.25, 0.3) is 11.6 Å². The number of rotatable bonds is 7. The second-order valence-electron chi connectivity index (χ2n) is 5.22. The number of hydrogen-bond donors (Lipinski definition) is 1. The highest BCUT2D eigenvalue weighted by atomic mass is 19.1. The summed E-state index contributed by atoms with van der Waals surface area (Å²) in [4.78, 5) is 16.0. The lowest BCUT2D eigenvalue weighted by Gasteiger charge is -2.04. The van der Waals surface area contributed by atoms with Crippen LogP contribution in [0.4, 0.5) is 4.39 Å². The highest BCUT2D eigenvalue weighted by Crippen LogP contribution is 2.16. The van der Waals surface area contributed by atoms with Gasteiger partial charge in [0.15, 0.2) is 5.76 Å². The zero-order chi connectivity index (χ0) is 16.8. The largest absolute Gasteiger partial charge is 0.461 e. The quantitative estimate of drug-likeness (QED) is 0.721. The smallest absolute Gasteiger partial charge is 0.238 e. The number of nitrogens with zero attached hydrogens (tertiary/aromatic N) is 2. The van der Waals surface area contributed by atoms with E-state index >= 15 is 0 Å². The number of hydrogen-bond acceptors (Lipinski definition) is 5. The van der Waals surface area contributed by atoms with Crippen molar-refractivity contribution in [2.24, 2.45) is 0 Å². The van der Waals surface area contributed by atoms with E-state index in [1.54, 1.807) is 24.3 Å². The number of amides is 1. The zero-order valence-corrected chi connectivity index (χ0v) is 12.9. The van der Waals surface area contributed by atoms with Gasteiger partial charge in [-0.05, 0) is 36.2 Å². The fourth-order valence-corrected chi connectivity index (χ4v) is 2.17. The molecule has 2 aromatic heterocycles. The molecule has 0 atom stereocenters. The van der Waals surface area contributed by atoms with Gasteiger partial charge in [-0.1, -0.05) is 17.3 Å². The van der Waals surface area contributed by atoms with Gasteiger partial charge < -0.3 is 14.3 Å². The van der Waals surface area contributed by atoms with Crippen LogP contribution >= 0.6 is 0 Å². The molecule has 1 amide bonds. The normalized spacial score (nSPS) is 10.7. The van der Waals surface area contributed by atoms with Gasteiger partial charge in [0, 0.05) is 19.4 Å². The molecule has 0 aliphatic carbocycles. The Labute approximate surface area is 137 Å². The van der Waals surface area contributed by atoms with E-state index in [9.17, 15) is 9.18 Å². The van der Waals surface area contributed by atoms with Crippen molar-refractivity contribution in [1.29, 1.82) is 0 Å². The zero-order valence-electron chi connectivity index (χ0n) is 12.9. The summed E-state index contributed by atoms with van der Waals surface area (Å²) in [5, 5.41) is 6.61. The fraction of sp³-hybridized carbons (Fsp3) is 0.235. The number of carbonyl (C=O) groups excluding carboxylic acids is 1. The molecule has 24 heavy (non-hydrogen) atoms. The average Bonchev–Trinajstić information content (AvgIpc) is 3.26. The molecular formula is C17H16FN3O3. The third-order valence-electron chi connectivity index (χ3n) is 3.42. The molecule has 0 unspecified atom stereocenters. The second kappa shape index (κ2) is 7.54. The van der Waals surface area contributed by atoms with Crippen LogP contribution in [0.5, 0.6) is 0 Å². The van der Waals surface area contributed by atoms with Gasteiger partial charge in [0.2, 0.25) is 17.6 Å². The molecule has 0 aliphatic heterocycles. The van der Waals surface area contributed by atoms with Crippen LogP contribution < -0.4 is 5.32 Å². The number of benzene rings is 1. The summed E-state index contributed by atoms with van der Waals surface area (Å²) in [6.07, 6.45) is 2.79. The summed E-state index contributed by atoms with van der Waals surface area (Å²) in [6, 6.07) is 9.69. The van der Waals surface area contributed by atoms with E-state index in [2.05, 4.69) is 15.5 Å². The maximum atomic E-state index is 12.8. The van der Waals surface area contributed by atoms with E-state index in [4.69, 9.17) is 8.94 Å². The lowest BCUT2D eigenvalue weighted by molar-refractivity contribution is -0.121. The molecule has 7 heteroatoms. The van der Waals surface area contributed by atoms with Gasteiger partial charge in [-0.2, -0.15) is 4.98 Å². The molecule has 0 saturated carbocycles. The Morgan fingerprint density at radius 2 is 2.00 bits per heavy atom.